The first kappa shape index (κ1) is 31.2. The number of ketones is 1. The molecule has 1 unspecified atom stereocenters. The minimum absolute atomic E-state index is 0.0266. The van der Waals surface area contributed by atoms with Crippen molar-refractivity contribution in [3.63, 3.8) is 0 Å². The number of carbonyl (C=O) groups is 3. The lowest BCUT2D eigenvalue weighted by Gasteiger charge is -2.35. The SMILES string of the molecule is COc1ccc2[nH]c(C)c(CC(=O)N[C@@H](CCCCCC(C)=O)C(=O)NCC(c3cccnc3)N3CCCCC3)c2c1. The van der Waals surface area contributed by atoms with Crippen LogP contribution < -0.4 is 15.4 Å². The monoisotopic (exact) mass is 575 g/mol. The molecule has 0 saturated carbocycles. The Kier molecular flexibility index (Phi) is 11.5. The second-order valence-corrected chi connectivity index (χ2v) is 11.4. The van der Waals surface area contributed by atoms with E-state index in [4.69, 9.17) is 4.74 Å². The third-order valence-electron chi connectivity index (χ3n) is 8.21. The number of methoxy groups -OCH3 is 1. The van der Waals surface area contributed by atoms with Crippen LogP contribution in [-0.4, -0.2) is 65.3 Å². The van der Waals surface area contributed by atoms with Crippen molar-refractivity contribution in [3.8, 4) is 5.75 Å². The number of amides is 2. The Bertz CT molecular complexity index is 1330. The van der Waals surface area contributed by atoms with Gasteiger partial charge in [-0.1, -0.05) is 25.3 Å². The van der Waals surface area contributed by atoms with E-state index in [9.17, 15) is 14.4 Å². The summed E-state index contributed by atoms with van der Waals surface area (Å²) >= 11 is 0. The molecule has 0 bridgehead atoms. The molecule has 2 atom stereocenters. The number of piperidine rings is 1. The summed E-state index contributed by atoms with van der Waals surface area (Å²) in [6.07, 6.45) is 10.7. The van der Waals surface area contributed by atoms with Crippen LogP contribution in [0.4, 0.5) is 0 Å². The summed E-state index contributed by atoms with van der Waals surface area (Å²) in [7, 11) is 1.62. The molecule has 3 heterocycles. The fourth-order valence-corrected chi connectivity index (χ4v) is 5.87. The number of pyridine rings is 1. The Balaban J connectivity index is 1.45. The van der Waals surface area contributed by atoms with Crippen molar-refractivity contribution in [3.05, 3.63) is 59.5 Å². The number of nitrogens with one attached hydrogen (secondary N) is 3. The maximum atomic E-state index is 13.6. The highest BCUT2D eigenvalue weighted by molar-refractivity contribution is 5.93. The number of fused-ring (bicyclic) bond motifs is 1. The molecular formula is C33H45N5O4. The smallest absolute Gasteiger partial charge is 0.242 e. The summed E-state index contributed by atoms with van der Waals surface area (Å²) in [4.78, 5) is 48.4. The van der Waals surface area contributed by atoms with Crippen molar-refractivity contribution >= 4 is 28.5 Å². The van der Waals surface area contributed by atoms with Crippen LogP contribution in [0.25, 0.3) is 10.9 Å². The molecular weight excluding hydrogens is 530 g/mol. The number of ether oxygens (including phenoxy) is 1. The summed E-state index contributed by atoms with van der Waals surface area (Å²) in [5.74, 6) is 0.508. The molecule has 3 aromatic rings. The molecule has 3 N–H and O–H groups in total. The molecule has 1 aliphatic rings. The van der Waals surface area contributed by atoms with Crippen molar-refractivity contribution in [2.45, 2.75) is 83.7 Å². The second-order valence-electron chi connectivity index (χ2n) is 11.4. The third kappa shape index (κ3) is 8.64. The molecule has 9 heteroatoms. The number of hydrogen-bond donors (Lipinski definition) is 3. The summed E-state index contributed by atoms with van der Waals surface area (Å²) in [5, 5.41) is 7.13. The van der Waals surface area contributed by atoms with Gasteiger partial charge in [0.15, 0.2) is 0 Å². The summed E-state index contributed by atoms with van der Waals surface area (Å²) in [5.41, 5.74) is 3.83. The van der Waals surface area contributed by atoms with Gasteiger partial charge in [0.1, 0.15) is 17.6 Å². The van der Waals surface area contributed by atoms with E-state index in [1.165, 1.54) is 6.42 Å². The number of aryl methyl sites for hydroxylation is 1. The van der Waals surface area contributed by atoms with Gasteiger partial charge >= 0.3 is 0 Å². The van der Waals surface area contributed by atoms with Gasteiger partial charge in [-0.2, -0.15) is 0 Å². The molecule has 0 aliphatic carbocycles. The van der Waals surface area contributed by atoms with Gasteiger partial charge in [-0.05, 0) is 88.0 Å². The zero-order chi connectivity index (χ0) is 29.9. The highest BCUT2D eigenvalue weighted by Gasteiger charge is 2.26. The number of aromatic amines is 1. The minimum Gasteiger partial charge on any atom is -0.497 e. The van der Waals surface area contributed by atoms with E-state index in [0.717, 1.165) is 78.7 Å². The van der Waals surface area contributed by atoms with Gasteiger partial charge in [-0.3, -0.25) is 19.5 Å². The van der Waals surface area contributed by atoms with Gasteiger partial charge < -0.3 is 25.1 Å². The number of H-pyrrole nitrogens is 1. The first-order chi connectivity index (χ1) is 20.4. The number of benzene rings is 1. The Hall–Kier alpha value is -3.72. The molecule has 2 amide bonds. The fraction of sp³-hybridized carbons (Fsp3) is 0.515. The Labute approximate surface area is 248 Å². The fourth-order valence-electron chi connectivity index (χ4n) is 5.87. The molecule has 0 spiro atoms. The summed E-state index contributed by atoms with van der Waals surface area (Å²) in [6, 6.07) is 9.12. The lowest BCUT2D eigenvalue weighted by atomic mass is 10.0. The number of hydrogen-bond acceptors (Lipinski definition) is 6. The van der Waals surface area contributed by atoms with Crippen molar-refractivity contribution in [1.82, 2.24) is 25.5 Å². The van der Waals surface area contributed by atoms with Gasteiger partial charge in [0, 0.05) is 42.0 Å². The number of unbranched alkanes of at least 4 members (excludes halogenated alkanes) is 2. The first-order valence-electron chi connectivity index (χ1n) is 15.2. The van der Waals surface area contributed by atoms with E-state index in [2.05, 4.69) is 31.6 Å². The Morgan fingerprint density at radius 1 is 1.10 bits per heavy atom. The van der Waals surface area contributed by atoms with Gasteiger partial charge in [0.2, 0.25) is 11.8 Å². The molecule has 226 valence electrons. The van der Waals surface area contributed by atoms with Crippen molar-refractivity contribution in [2.24, 2.45) is 0 Å². The van der Waals surface area contributed by atoms with Crippen LogP contribution in [0.2, 0.25) is 0 Å². The number of likely N-dealkylation sites (tertiary alicyclic amines) is 1. The predicted molar refractivity (Wildman–Crippen MR) is 164 cm³/mol. The third-order valence-corrected chi connectivity index (χ3v) is 8.21. The van der Waals surface area contributed by atoms with Crippen LogP contribution >= 0.6 is 0 Å². The molecule has 0 radical (unpaired) electrons. The molecule has 4 rings (SSSR count). The van der Waals surface area contributed by atoms with Gasteiger partial charge in [0.25, 0.3) is 0 Å². The topological polar surface area (TPSA) is 116 Å². The minimum atomic E-state index is -0.661. The molecule has 1 aliphatic heterocycles. The average Bonchev–Trinajstić information content (AvgIpc) is 3.30. The number of Topliss-reactive ketones (excluding diaryl/α,β-unsaturated/α-hetero) is 1. The van der Waals surface area contributed by atoms with Gasteiger partial charge in [-0.15, -0.1) is 0 Å². The van der Waals surface area contributed by atoms with Crippen molar-refractivity contribution in [2.75, 3.05) is 26.7 Å². The first-order valence-corrected chi connectivity index (χ1v) is 15.2. The maximum absolute atomic E-state index is 13.6. The Morgan fingerprint density at radius 2 is 1.90 bits per heavy atom. The van der Waals surface area contributed by atoms with Crippen LogP contribution in [0.15, 0.2) is 42.7 Å². The molecule has 1 aromatic carbocycles. The Morgan fingerprint density at radius 3 is 2.62 bits per heavy atom. The largest absolute Gasteiger partial charge is 0.497 e. The molecule has 2 aromatic heterocycles. The van der Waals surface area contributed by atoms with Crippen LogP contribution in [0.5, 0.6) is 5.75 Å². The predicted octanol–water partition coefficient (Wildman–Crippen LogP) is 4.79. The summed E-state index contributed by atoms with van der Waals surface area (Å²) < 4.78 is 5.39. The average molecular weight is 576 g/mol. The van der Waals surface area contributed by atoms with Crippen LogP contribution in [-0.2, 0) is 20.8 Å². The molecule has 9 nitrogen and oxygen atoms in total. The van der Waals surface area contributed by atoms with E-state index in [-0.39, 0.29) is 30.1 Å². The van der Waals surface area contributed by atoms with Crippen LogP contribution in [0.3, 0.4) is 0 Å². The molecule has 1 fully saturated rings. The standard InChI is InChI=1S/C33H45N5O4/c1-23(39)11-6-4-7-13-30(37-32(40)20-27-24(2)36-29-15-14-26(42-3)19-28(27)29)33(41)35-22-31(25-12-10-16-34-21-25)38-17-8-5-9-18-38/h10,12,14-16,19,21,30-31,36H,4-9,11,13,17-18,20,22H2,1-3H3,(H,35,41)(H,37,40)/t30-,31?/m0/s1. The van der Waals surface area contributed by atoms with Crippen LogP contribution in [0, 0.1) is 6.92 Å². The van der Waals surface area contributed by atoms with Gasteiger partial charge in [-0.25, -0.2) is 0 Å². The highest BCUT2D eigenvalue weighted by atomic mass is 16.5. The maximum Gasteiger partial charge on any atom is 0.242 e. The zero-order valence-corrected chi connectivity index (χ0v) is 25.2. The lowest BCUT2D eigenvalue weighted by molar-refractivity contribution is -0.129. The number of rotatable bonds is 15. The van der Waals surface area contributed by atoms with Crippen LogP contribution in [0.1, 0.15) is 81.2 Å². The van der Waals surface area contributed by atoms with Crippen molar-refractivity contribution in [1.29, 1.82) is 0 Å². The molecule has 42 heavy (non-hydrogen) atoms. The zero-order valence-electron chi connectivity index (χ0n) is 25.2. The number of carbonyl (C=O) groups excluding carboxylic acids is 3. The molecule has 1 saturated heterocycles. The summed E-state index contributed by atoms with van der Waals surface area (Å²) in [6.45, 7) is 5.97. The lowest BCUT2D eigenvalue weighted by Crippen LogP contribution is -2.49. The van der Waals surface area contributed by atoms with E-state index < -0.39 is 6.04 Å². The van der Waals surface area contributed by atoms with Crippen molar-refractivity contribution < 1.29 is 19.1 Å². The van der Waals surface area contributed by atoms with E-state index in [1.54, 1.807) is 20.2 Å². The normalized spacial score (nSPS) is 15.2. The number of nitrogens with zero attached hydrogens (tertiary/aromatic N) is 2. The van der Waals surface area contributed by atoms with E-state index in [1.807, 2.05) is 37.4 Å². The quantitative estimate of drug-likeness (QED) is 0.225. The second kappa shape index (κ2) is 15.5. The highest BCUT2D eigenvalue weighted by Crippen LogP contribution is 2.27. The number of aromatic nitrogens is 2. The van der Waals surface area contributed by atoms with E-state index >= 15 is 0 Å². The van der Waals surface area contributed by atoms with Gasteiger partial charge in [0.05, 0.1) is 19.6 Å². The van der Waals surface area contributed by atoms with E-state index in [0.29, 0.717) is 19.4 Å².